The summed E-state index contributed by atoms with van der Waals surface area (Å²) in [5.74, 6) is 0.712. The molecule has 0 spiro atoms. The number of hydrogen-bond acceptors (Lipinski definition) is 3. The molecular formula is C14H14F3NOS. The van der Waals surface area contributed by atoms with Crippen molar-refractivity contribution in [2.45, 2.75) is 18.6 Å². The maximum atomic E-state index is 12.6. The van der Waals surface area contributed by atoms with Gasteiger partial charge in [-0.2, -0.15) is 13.2 Å². The van der Waals surface area contributed by atoms with Crippen molar-refractivity contribution in [2.75, 3.05) is 7.11 Å². The first-order chi connectivity index (χ1) is 9.40. The van der Waals surface area contributed by atoms with Gasteiger partial charge in [-0.15, -0.1) is 11.3 Å². The lowest BCUT2D eigenvalue weighted by Crippen LogP contribution is -2.13. The Kier molecular flexibility index (Phi) is 4.35. The molecule has 108 valence electrons. The van der Waals surface area contributed by atoms with Crippen molar-refractivity contribution >= 4 is 11.3 Å². The Morgan fingerprint density at radius 1 is 1.30 bits per heavy atom. The van der Waals surface area contributed by atoms with E-state index < -0.39 is 11.7 Å². The van der Waals surface area contributed by atoms with E-state index in [1.54, 1.807) is 13.2 Å². The smallest absolute Gasteiger partial charge is 0.416 e. The zero-order chi connectivity index (χ0) is 14.8. The predicted octanol–water partition coefficient (Wildman–Crippen LogP) is 4.02. The first kappa shape index (κ1) is 14.9. The highest BCUT2D eigenvalue weighted by molar-refractivity contribution is 7.10. The molecule has 0 fully saturated rings. The molecule has 1 aromatic carbocycles. The minimum Gasteiger partial charge on any atom is -0.496 e. The average Bonchev–Trinajstić information content (AvgIpc) is 2.87. The molecule has 0 aliphatic carbocycles. The van der Waals surface area contributed by atoms with Crippen LogP contribution in [0.2, 0.25) is 0 Å². The summed E-state index contributed by atoms with van der Waals surface area (Å²) in [6, 6.07) is 6.73. The molecular weight excluding hydrogens is 287 g/mol. The van der Waals surface area contributed by atoms with Crippen LogP contribution in [0.5, 0.6) is 5.75 Å². The molecule has 20 heavy (non-hydrogen) atoms. The molecule has 0 aliphatic heterocycles. The van der Waals surface area contributed by atoms with Gasteiger partial charge >= 0.3 is 6.18 Å². The van der Waals surface area contributed by atoms with Gasteiger partial charge in [-0.25, -0.2) is 0 Å². The van der Waals surface area contributed by atoms with Crippen molar-refractivity contribution in [1.29, 1.82) is 0 Å². The molecule has 2 N–H and O–H groups in total. The number of benzene rings is 1. The molecule has 2 nitrogen and oxygen atoms in total. The normalized spacial score (nSPS) is 13.2. The number of nitrogens with two attached hydrogens (primary N) is 1. The second kappa shape index (κ2) is 5.85. The highest BCUT2D eigenvalue weighted by Crippen LogP contribution is 2.31. The number of alkyl halides is 3. The van der Waals surface area contributed by atoms with Crippen molar-refractivity contribution in [1.82, 2.24) is 0 Å². The first-order valence-electron chi connectivity index (χ1n) is 5.94. The van der Waals surface area contributed by atoms with Gasteiger partial charge in [0.15, 0.2) is 0 Å². The van der Waals surface area contributed by atoms with Gasteiger partial charge in [0.25, 0.3) is 0 Å². The first-order valence-corrected chi connectivity index (χ1v) is 6.82. The van der Waals surface area contributed by atoms with E-state index in [0.717, 1.165) is 17.0 Å². The number of hydrogen-bond donors (Lipinski definition) is 1. The van der Waals surface area contributed by atoms with Gasteiger partial charge in [-0.1, -0.05) is 18.2 Å². The van der Waals surface area contributed by atoms with Crippen molar-refractivity contribution in [2.24, 2.45) is 5.73 Å². The van der Waals surface area contributed by atoms with Crippen LogP contribution >= 0.6 is 11.3 Å². The third-order valence-corrected chi connectivity index (χ3v) is 3.95. The van der Waals surface area contributed by atoms with E-state index in [1.807, 2.05) is 11.4 Å². The molecule has 1 atom stereocenters. The summed E-state index contributed by atoms with van der Waals surface area (Å²) in [6.07, 6.45) is -3.97. The lowest BCUT2D eigenvalue weighted by atomic mass is 10.0. The van der Waals surface area contributed by atoms with Crippen LogP contribution in [0.15, 0.2) is 35.7 Å². The van der Waals surface area contributed by atoms with Gasteiger partial charge in [0.05, 0.1) is 12.7 Å². The standard InChI is InChI=1S/C14H14F3NOS/c1-19-11-7-13(20-8-11)12(18)6-9-3-2-4-10(5-9)14(15,16)17/h2-5,7-8,12H,6,18H2,1H3. The molecule has 0 radical (unpaired) electrons. The highest BCUT2D eigenvalue weighted by Gasteiger charge is 2.30. The van der Waals surface area contributed by atoms with Crippen molar-refractivity contribution in [3.63, 3.8) is 0 Å². The van der Waals surface area contributed by atoms with E-state index in [-0.39, 0.29) is 6.04 Å². The summed E-state index contributed by atoms with van der Waals surface area (Å²) in [6.45, 7) is 0. The average molecular weight is 301 g/mol. The summed E-state index contributed by atoms with van der Waals surface area (Å²) < 4.78 is 43.0. The Labute approximate surface area is 119 Å². The minimum atomic E-state index is -4.33. The van der Waals surface area contributed by atoms with E-state index in [9.17, 15) is 13.2 Å². The largest absolute Gasteiger partial charge is 0.496 e. The van der Waals surface area contributed by atoms with Crippen LogP contribution in [0.4, 0.5) is 13.2 Å². The van der Waals surface area contributed by atoms with Crippen LogP contribution in [0.3, 0.4) is 0 Å². The van der Waals surface area contributed by atoms with Gasteiger partial charge in [0.1, 0.15) is 5.75 Å². The van der Waals surface area contributed by atoms with Gasteiger partial charge < -0.3 is 10.5 Å². The fraction of sp³-hybridized carbons (Fsp3) is 0.286. The number of rotatable bonds is 4. The Balaban J connectivity index is 2.13. The molecule has 0 saturated carbocycles. The highest BCUT2D eigenvalue weighted by atomic mass is 32.1. The Bertz CT molecular complexity index is 580. The Hall–Kier alpha value is -1.53. The van der Waals surface area contributed by atoms with Gasteiger partial charge in [-0.05, 0) is 24.1 Å². The minimum absolute atomic E-state index is 0.340. The molecule has 1 heterocycles. The van der Waals surface area contributed by atoms with Crippen molar-refractivity contribution in [3.05, 3.63) is 51.7 Å². The second-order valence-corrected chi connectivity index (χ2v) is 5.34. The maximum absolute atomic E-state index is 12.6. The summed E-state index contributed by atoms with van der Waals surface area (Å²) in [5.41, 5.74) is 5.95. The van der Waals surface area contributed by atoms with E-state index in [2.05, 4.69) is 0 Å². The third kappa shape index (κ3) is 3.52. The quantitative estimate of drug-likeness (QED) is 0.925. The Morgan fingerprint density at radius 3 is 2.65 bits per heavy atom. The van der Waals surface area contributed by atoms with Crippen LogP contribution in [-0.2, 0) is 12.6 Å². The molecule has 2 aromatic rings. The summed E-state index contributed by atoms with van der Waals surface area (Å²) in [7, 11) is 1.56. The SMILES string of the molecule is COc1csc(C(N)Cc2cccc(C(F)(F)F)c2)c1. The number of methoxy groups -OCH3 is 1. The van der Waals surface area contributed by atoms with E-state index in [0.29, 0.717) is 17.7 Å². The molecule has 2 rings (SSSR count). The van der Waals surface area contributed by atoms with Crippen LogP contribution < -0.4 is 10.5 Å². The molecule has 0 saturated heterocycles. The zero-order valence-electron chi connectivity index (χ0n) is 10.8. The molecule has 6 heteroatoms. The summed E-state index contributed by atoms with van der Waals surface area (Å²) in [4.78, 5) is 0.888. The van der Waals surface area contributed by atoms with Crippen molar-refractivity contribution < 1.29 is 17.9 Å². The van der Waals surface area contributed by atoms with E-state index in [1.165, 1.54) is 17.4 Å². The number of ether oxygens (including phenoxy) is 1. The maximum Gasteiger partial charge on any atom is 0.416 e. The lowest BCUT2D eigenvalue weighted by molar-refractivity contribution is -0.137. The van der Waals surface area contributed by atoms with Gasteiger partial charge in [0, 0.05) is 16.3 Å². The van der Waals surface area contributed by atoms with E-state index >= 15 is 0 Å². The summed E-state index contributed by atoms with van der Waals surface area (Å²) in [5, 5.41) is 1.82. The van der Waals surface area contributed by atoms with E-state index in [4.69, 9.17) is 10.5 Å². The fourth-order valence-electron chi connectivity index (χ4n) is 1.86. The van der Waals surface area contributed by atoms with Crippen LogP contribution in [-0.4, -0.2) is 7.11 Å². The van der Waals surface area contributed by atoms with Gasteiger partial charge in [0.2, 0.25) is 0 Å². The zero-order valence-corrected chi connectivity index (χ0v) is 11.6. The third-order valence-electron chi connectivity index (χ3n) is 2.91. The monoisotopic (exact) mass is 301 g/mol. The predicted molar refractivity (Wildman–Crippen MR) is 72.9 cm³/mol. The van der Waals surface area contributed by atoms with Crippen molar-refractivity contribution in [3.8, 4) is 5.75 Å². The second-order valence-electron chi connectivity index (χ2n) is 4.40. The Morgan fingerprint density at radius 2 is 2.05 bits per heavy atom. The number of halogens is 3. The van der Waals surface area contributed by atoms with Crippen LogP contribution in [0.1, 0.15) is 22.0 Å². The molecule has 1 aromatic heterocycles. The van der Waals surface area contributed by atoms with Crippen LogP contribution in [0.25, 0.3) is 0 Å². The lowest BCUT2D eigenvalue weighted by Gasteiger charge is -2.12. The fourth-order valence-corrected chi connectivity index (χ4v) is 2.72. The number of thiophene rings is 1. The topological polar surface area (TPSA) is 35.2 Å². The molecule has 0 aliphatic rings. The molecule has 0 bridgehead atoms. The van der Waals surface area contributed by atoms with Gasteiger partial charge in [-0.3, -0.25) is 0 Å². The van der Waals surface area contributed by atoms with Crippen LogP contribution in [0, 0.1) is 0 Å². The molecule has 0 amide bonds. The summed E-state index contributed by atoms with van der Waals surface area (Å²) >= 11 is 1.44. The molecule has 1 unspecified atom stereocenters.